The zero-order valence-electron chi connectivity index (χ0n) is 26.3. The van der Waals surface area contributed by atoms with Crippen molar-refractivity contribution in [3.8, 4) is 0 Å². The number of hydrogen-bond acceptors (Lipinski definition) is 7. The smallest absolute Gasteiger partial charge is 0.315 e. The van der Waals surface area contributed by atoms with E-state index in [2.05, 4.69) is 21.4 Å². The van der Waals surface area contributed by atoms with Gasteiger partial charge in [-0.05, 0) is 42.9 Å². The van der Waals surface area contributed by atoms with E-state index in [0.717, 1.165) is 12.8 Å². The Bertz CT molecular complexity index is 1380. The Kier molecular flexibility index (Phi) is 10.9. The van der Waals surface area contributed by atoms with E-state index in [-0.39, 0.29) is 25.4 Å². The minimum absolute atomic E-state index is 0.0304. The second-order valence-corrected chi connectivity index (χ2v) is 13.5. The van der Waals surface area contributed by atoms with Gasteiger partial charge in [0, 0.05) is 23.0 Å². The second-order valence-electron chi connectivity index (χ2n) is 13.0. The first-order valence-electron chi connectivity index (χ1n) is 15.3. The zero-order chi connectivity index (χ0) is 33.8. The van der Waals surface area contributed by atoms with Crippen molar-refractivity contribution in [1.29, 1.82) is 0 Å². The number of carbonyl (C=O) groups excluding carboxylic acids is 5. The molecule has 0 bridgehead atoms. The molecule has 1 aromatic rings. The summed E-state index contributed by atoms with van der Waals surface area (Å²) in [5.41, 5.74) is 2.03. The van der Waals surface area contributed by atoms with E-state index in [9.17, 15) is 32.8 Å². The number of nitrogens with one attached hydrogen (secondary N) is 5. The van der Waals surface area contributed by atoms with Crippen molar-refractivity contribution in [2.24, 2.45) is 5.41 Å². The van der Waals surface area contributed by atoms with E-state index in [1.165, 1.54) is 4.90 Å². The van der Waals surface area contributed by atoms with Crippen LogP contribution in [0, 0.1) is 5.41 Å². The molecule has 2 heterocycles. The van der Waals surface area contributed by atoms with Crippen LogP contribution in [0.3, 0.4) is 0 Å². The number of hydrogen-bond donors (Lipinski definition) is 5. The molecule has 0 aromatic heterocycles. The van der Waals surface area contributed by atoms with Crippen LogP contribution in [0.4, 0.5) is 13.6 Å². The molecule has 46 heavy (non-hydrogen) atoms. The van der Waals surface area contributed by atoms with Crippen LogP contribution in [-0.2, 0) is 24.0 Å². The Morgan fingerprint density at radius 1 is 1.15 bits per heavy atom. The number of ketones is 1. The predicted molar refractivity (Wildman–Crippen MR) is 165 cm³/mol. The summed E-state index contributed by atoms with van der Waals surface area (Å²) in [6.07, 6.45) is 1.18. The van der Waals surface area contributed by atoms with Crippen LogP contribution in [-0.4, -0.2) is 83.7 Å². The predicted octanol–water partition coefficient (Wildman–Crippen LogP) is 2.67. The summed E-state index contributed by atoms with van der Waals surface area (Å²) >= 11 is 6.18. The van der Waals surface area contributed by atoms with E-state index in [1.54, 1.807) is 51.1 Å². The number of Topliss-reactive ketones (excluding diaryl/α,β-unsaturated/α-hetero) is 1. The number of likely N-dealkylation sites (tertiary alicyclic amines) is 1. The van der Waals surface area contributed by atoms with Crippen molar-refractivity contribution in [2.75, 3.05) is 13.1 Å². The quantitative estimate of drug-likeness (QED) is 0.215. The molecule has 1 spiro atoms. The summed E-state index contributed by atoms with van der Waals surface area (Å²) in [7, 11) is 0. The van der Waals surface area contributed by atoms with E-state index in [0.29, 0.717) is 22.7 Å². The highest BCUT2D eigenvalue weighted by Crippen LogP contribution is 2.39. The van der Waals surface area contributed by atoms with Crippen LogP contribution in [0.15, 0.2) is 30.3 Å². The van der Waals surface area contributed by atoms with Gasteiger partial charge in [-0.2, -0.15) is 0 Å². The number of amides is 5. The number of nitrogens with zero attached hydrogens (tertiary/aromatic N) is 1. The summed E-state index contributed by atoms with van der Waals surface area (Å²) in [5, 5.41) is 10.4. The van der Waals surface area contributed by atoms with E-state index in [4.69, 9.17) is 16.4 Å². The van der Waals surface area contributed by atoms with Crippen molar-refractivity contribution in [3.05, 3.63) is 40.9 Å². The Labute approximate surface area is 271 Å². The molecule has 3 aliphatic rings. The van der Waals surface area contributed by atoms with E-state index in [1.807, 2.05) is 12.2 Å². The Morgan fingerprint density at radius 3 is 2.48 bits per heavy atom. The Hall–Kier alpha value is -3.78. The molecule has 5 N–H and O–H groups in total. The number of urea groups is 1. The normalized spacial score (nSPS) is 22.1. The van der Waals surface area contributed by atoms with Gasteiger partial charge in [0.05, 0.1) is 24.8 Å². The third kappa shape index (κ3) is 8.72. The van der Waals surface area contributed by atoms with Crippen LogP contribution in [0.1, 0.15) is 65.4 Å². The topological polar surface area (TPSA) is 158 Å². The lowest BCUT2D eigenvalue weighted by Crippen LogP contribution is -2.60. The van der Waals surface area contributed by atoms with Gasteiger partial charge in [-0.25, -0.2) is 13.6 Å². The molecule has 4 atom stereocenters. The largest absolute Gasteiger partial charge is 0.347 e. The van der Waals surface area contributed by atoms with Gasteiger partial charge in [-0.3, -0.25) is 29.5 Å². The lowest BCUT2D eigenvalue weighted by Gasteiger charge is -2.35. The molecule has 12 nitrogen and oxygen atoms in total. The number of alkyl halides is 2. The van der Waals surface area contributed by atoms with Gasteiger partial charge < -0.3 is 26.2 Å². The molecule has 0 unspecified atom stereocenters. The minimum atomic E-state index is -2.79. The highest BCUT2D eigenvalue weighted by molar-refractivity contribution is 6.38. The van der Waals surface area contributed by atoms with Gasteiger partial charge in [0.2, 0.25) is 17.6 Å². The summed E-state index contributed by atoms with van der Waals surface area (Å²) < 4.78 is 25.5. The lowest BCUT2D eigenvalue weighted by atomic mass is 9.85. The second kappa shape index (κ2) is 14.3. The van der Waals surface area contributed by atoms with Crippen LogP contribution in [0.25, 0.3) is 5.70 Å². The van der Waals surface area contributed by atoms with Crippen molar-refractivity contribution in [2.45, 2.75) is 96.0 Å². The first-order valence-corrected chi connectivity index (χ1v) is 15.7. The van der Waals surface area contributed by atoms with Gasteiger partial charge in [-0.15, -0.1) is 0 Å². The molecule has 1 saturated carbocycles. The van der Waals surface area contributed by atoms with Crippen LogP contribution in [0.5, 0.6) is 0 Å². The lowest BCUT2D eigenvalue weighted by molar-refractivity contribution is -0.144. The highest BCUT2D eigenvalue weighted by Gasteiger charge is 2.54. The number of hydroxylamine groups is 1. The number of benzene rings is 1. The molecule has 252 valence electrons. The van der Waals surface area contributed by atoms with Gasteiger partial charge in [0.1, 0.15) is 17.7 Å². The molecule has 2 aliphatic heterocycles. The summed E-state index contributed by atoms with van der Waals surface area (Å²) in [6.45, 7) is 5.83. The van der Waals surface area contributed by atoms with Crippen molar-refractivity contribution >= 4 is 46.8 Å². The maximum Gasteiger partial charge on any atom is 0.315 e. The van der Waals surface area contributed by atoms with Crippen molar-refractivity contribution < 1.29 is 37.6 Å². The molecular weight excluding hydrogens is 626 g/mol. The average molecular weight is 667 g/mol. The molecule has 1 saturated heterocycles. The Balaban J connectivity index is 1.63. The fourth-order valence-electron chi connectivity index (χ4n) is 5.46. The van der Waals surface area contributed by atoms with Crippen LogP contribution >= 0.6 is 11.6 Å². The molecular formula is C31H41ClF2N6O6. The first kappa shape index (κ1) is 35.1. The third-order valence-electron chi connectivity index (χ3n) is 8.00. The number of halogens is 3. The first-order chi connectivity index (χ1) is 21.6. The average Bonchev–Trinajstić information content (AvgIpc) is 3.58. The van der Waals surface area contributed by atoms with Gasteiger partial charge in [0.25, 0.3) is 12.3 Å². The Morgan fingerprint density at radius 2 is 1.87 bits per heavy atom. The molecule has 5 amide bonds. The summed E-state index contributed by atoms with van der Waals surface area (Å²) in [4.78, 5) is 73.5. The summed E-state index contributed by atoms with van der Waals surface area (Å²) in [6, 6.07) is 2.43. The molecule has 15 heteroatoms. The van der Waals surface area contributed by atoms with E-state index >= 15 is 0 Å². The molecule has 1 aliphatic carbocycles. The van der Waals surface area contributed by atoms with Gasteiger partial charge >= 0.3 is 6.03 Å². The summed E-state index contributed by atoms with van der Waals surface area (Å²) in [5.74, 6) is -2.89. The highest BCUT2D eigenvalue weighted by atomic mass is 35.5. The fourth-order valence-corrected chi connectivity index (χ4v) is 5.65. The number of carbonyl (C=O) groups is 5. The zero-order valence-corrected chi connectivity index (χ0v) is 27.0. The minimum Gasteiger partial charge on any atom is -0.347 e. The van der Waals surface area contributed by atoms with E-state index < -0.39 is 71.6 Å². The maximum absolute atomic E-state index is 14.2. The van der Waals surface area contributed by atoms with Crippen molar-refractivity contribution in [3.63, 3.8) is 0 Å². The molecule has 4 rings (SSSR count). The molecule has 0 radical (unpaired) electrons. The van der Waals surface area contributed by atoms with Gasteiger partial charge in [0.15, 0.2) is 0 Å². The van der Waals surface area contributed by atoms with Crippen LogP contribution < -0.4 is 26.7 Å². The third-order valence-corrected chi connectivity index (χ3v) is 8.23. The standard InChI is InChI=1S/C31H41ClF2N6O6/c1-5-7-20(24(41)27(43)36-19-10-11-19)37-26(42)22-14-31(13-21(39-46-31)17-8-6-9-18(32)12-17)16-40(22)28(44)25(30(2,3)4)38-29(45)35-15-23(33)34/h6,8-9,12-13,19-20,22-23,25,39H,5,7,10-11,14-16H2,1-4H3,(H,36,43)(H,37,42)(H2,35,38,45)/t20-,22-,25+,31+/m0/s1. The monoisotopic (exact) mass is 666 g/mol. The SMILES string of the molecule is CCC[C@H](NC(=O)[C@@H]1C[C@]2(C=C(c3cccc(Cl)c3)NO2)CN1C(=O)[C@@H](NC(=O)NCC(F)F)C(C)(C)C)C(=O)C(=O)NC1CC1. The molecule has 2 fully saturated rings. The fraction of sp³-hybridized carbons (Fsp3) is 0.581. The van der Waals surface area contributed by atoms with Crippen LogP contribution in [0.2, 0.25) is 5.02 Å². The van der Waals surface area contributed by atoms with Gasteiger partial charge in [-0.1, -0.05) is 57.8 Å². The maximum atomic E-state index is 14.2. The molecule has 1 aromatic carbocycles. The van der Waals surface area contributed by atoms with Crippen molar-refractivity contribution in [1.82, 2.24) is 31.6 Å². The number of rotatable bonds is 12.